The molecule has 0 aliphatic carbocycles. The Kier molecular flexibility index (Phi) is 9.98. The van der Waals surface area contributed by atoms with E-state index in [1.165, 1.54) is 21.5 Å². The van der Waals surface area contributed by atoms with E-state index < -0.39 is 0 Å². The van der Waals surface area contributed by atoms with Crippen molar-refractivity contribution in [3.05, 3.63) is 201 Å². The number of allylic oxidation sites excluding steroid dienone is 1. The van der Waals surface area contributed by atoms with Gasteiger partial charge in [-0.2, -0.15) is 0 Å². The van der Waals surface area contributed by atoms with Crippen molar-refractivity contribution in [3.8, 4) is 16.9 Å². The fraction of sp³-hybridized carbons (Fsp3) is 0.0800. The van der Waals surface area contributed by atoms with Crippen molar-refractivity contribution < 1.29 is 4.74 Å². The van der Waals surface area contributed by atoms with Crippen LogP contribution in [-0.2, 0) is 0 Å². The molecule has 8 aromatic rings. The molecule has 0 atom stereocenters. The maximum absolute atomic E-state index is 6.11. The van der Waals surface area contributed by atoms with Gasteiger partial charge in [0.15, 0.2) is 0 Å². The van der Waals surface area contributed by atoms with Crippen LogP contribution in [0.3, 0.4) is 0 Å². The average molecular weight is 687 g/mol. The van der Waals surface area contributed by atoms with Crippen LogP contribution in [0.25, 0.3) is 32.7 Å². The van der Waals surface area contributed by atoms with Crippen LogP contribution in [0.1, 0.15) is 19.3 Å². The lowest BCUT2D eigenvalue weighted by atomic mass is 10.0. The van der Waals surface area contributed by atoms with Gasteiger partial charge >= 0.3 is 0 Å². The minimum absolute atomic E-state index is 0.698. The molecule has 8 aromatic carbocycles. The number of fused-ring (bicyclic) bond motifs is 2. The molecule has 0 fully saturated rings. The molecule has 53 heavy (non-hydrogen) atoms. The first-order chi connectivity index (χ1) is 26.3. The third kappa shape index (κ3) is 7.28. The highest BCUT2D eigenvalue weighted by atomic mass is 16.5. The van der Waals surface area contributed by atoms with Gasteiger partial charge in [0, 0.05) is 33.5 Å². The van der Waals surface area contributed by atoms with Crippen molar-refractivity contribution in [2.24, 2.45) is 0 Å². The molecule has 3 nitrogen and oxygen atoms in total. The molecule has 8 rings (SSSR count). The smallest absolute Gasteiger partial charge is 0.119 e. The van der Waals surface area contributed by atoms with Crippen LogP contribution >= 0.6 is 0 Å². The number of para-hydroxylation sites is 1. The Hall–Kier alpha value is -6.58. The Bertz CT molecular complexity index is 2460. The zero-order chi connectivity index (χ0) is 35.8. The molecule has 0 amide bonds. The monoisotopic (exact) mass is 686 g/mol. The highest BCUT2D eigenvalue weighted by Crippen LogP contribution is 2.43. The Labute approximate surface area is 312 Å². The highest BCUT2D eigenvalue weighted by Gasteiger charge is 2.18. The van der Waals surface area contributed by atoms with Gasteiger partial charge in [0.05, 0.1) is 18.0 Å². The average Bonchev–Trinajstić information content (AvgIpc) is 3.22. The van der Waals surface area contributed by atoms with Gasteiger partial charge < -0.3 is 14.5 Å². The number of hydrogen-bond acceptors (Lipinski definition) is 3. The largest absolute Gasteiger partial charge is 0.494 e. The summed E-state index contributed by atoms with van der Waals surface area (Å²) in [7, 11) is 0. The maximum Gasteiger partial charge on any atom is 0.119 e. The molecular formula is C50H42N2O. The molecule has 3 heteroatoms. The molecule has 0 radical (unpaired) electrons. The van der Waals surface area contributed by atoms with Crippen LogP contribution in [0.2, 0.25) is 0 Å². The second kappa shape index (κ2) is 15.8. The van der Waals surface area contributed by atoms with E-state index >= 15 is 0 Å². The first-order valence-corrected chi connectivity index (χ1v) is 18.4. The summed E-state index contributed by atoms with van der Waals surface area (Å²) in [6.07, 6.45) is 5.08. The Morgan fingerprint density at radius 1 is 0.434 bits per heavy atom. The standard InChI is InChI=1S/C50H42N2O/c1-2-3-4-12-35-53-46-33-31-43(32-34-46)52(50-30-16-20-39-18-9-11-28-48(39)50)45-26-14-22-41(37-45)40-21-13-25-44(36-40)51(42-23-6-5-7-24-42)49-29-15-19-38-17-8-10-27-47(38)49/h2,5-11,13-34,36-37H,1,3-4,12,35H2. The molecule has 0 bridgehead atoms. The SMILES string of the molecule is C=CCCCCOc1ccc(N(c2cccc(-c3cccc(N(c4ccccc4)c4cccc5ccccc45)c3)c2)c2cccc3ccccc23)cc1. The van der Waals surface area contributed by atoms with Crippen LogP contribution in [0.5, 0.6) is 5.75 Å². The van der Waals surface area contributed by atoms with Crippen molar-refractivity contribution in [1.29, 1.82) is 0 Å². The van der Waals surface area contributed by atoms with Crippen molar-refractivity contribution in [3.63, 3.8) is 0 Å². The van der Waals surface area contributed by atoms with E-state index in [1.54, 1.807) is 0 Å². The van der Waals surface area contributed by atoms with Crippen LogP contribution in [0.4, 0.5) is 34.1 Å². The predicted molar refractivity (Wildman–Crippen MR) is 226 cm³/mol. The number of benzene rings is 8. The fourth-order valence-electron chi connectivity index (χ4n) is 7.16. The van der Waals surface area contributed by atoms with Crippen molar-refractivity contribution in [2.45, 2.75) is 19.3 Å². The Balaban J connectivity index is 1.20. The number of ether oxygens (including phenoxy) is 1. The maximum atomic E-state index is 6.11. The lowest BCUT2D eigenvalue weighted by molar-refractivity contribution is 0.307. The van der Waals surface area contributed by atoms with Crippen LogP contribution < -0.4 is 14.5 Å². The number of nitrogens with zero attached hydrogens (tertiary/aromatic N) is 2. The number of unbranched alkanes of at least 4 members (excludes halogenated alkanes) is 2. The molecule has 0 N–H and O–H groups in total. The summed E-state index contributed by atoms with van der Waals surface area (Å²) in [6.45, 7) is 4.53. The van der Waals surface area contributed by atoms with E-state index in [0.717, 1.165) is 70.3 Å². The van der Waals surface area contributed by atoms with Crippen molar-refractivity contribution >= 4 is 55.7 Å². The molecule has 0 unspecified atom stereocenters. The van der Waals surface area contributed by atoms with Gasteiger partial charge in [-0.1, -0.05) is 121 Å². The molecule has 0 aliphatic heterocycles. The molecule has 258 valence electrons. The van der Waals surface area contributed by atoms with Crippen LogP contribution in [-0.4, -0.2) is 6.61 Å². The van der Waals surface area contributed by atoms with E-state index in [4.69, 9.17) is 4.74 Å². The summed E-state index contributed by atoms with van der Waals surface area (Å²) in [6, 6.07) is 67.1. The summed E-state index contributed by atoms with van der Waals surface area (Å²) in [5, 5.41) is 4.82. The van der Waals surface area contributed by atoms with E-state index in [-0.39, 0.29) is 0 Å². The first-order valence-electron chi connectivity index (χ1n) is 18.4. The second-order valence-corrected chi connectivity index (χ2v) is 13.2. The number of anilines is 6. The molecule has 0 aromatic heterocycles. The zero-order valence-electron chi connectivity index (χ0n) is 29.8. The summed E-state index contributed by atoms with van der Waals surface area (Å²) in [5.74, 6) is 0.880. The topological polar surface area (TPSA) is 15.7 Å². The zero-order valence-corrected chi connectivity index (χ0v) is 29.8. The molecule has 0 saturated heterocycles. The Morgan fingerprint density at radius 2 is 0.906 bits per heavy atom. The summed E-state index contributed by atoms with van der Waals surface area (Å²) in [5.41, 5.74) is 8.91. The van der Waals surface area contributed by atoms with E-state index in [0.29, 0.717) is 6.61 Å². The minimum atomic E-state index is 0.698. The highest BCUT2D eigenvalue weighted by molar-refractivity contribution is 6.00. The van der Waals surface area contributed by atoms with Gasteiger partial charge in [0.1, 0.15) is 5.75 Å². The lowest BCUT2D eigenvalue weighted by Gasteiger charge is -2.28. The minimum Gasteiger partial charge on any atom is -0.494 e. The quantitative estimate of drug-likeness (QED) is 0.0887. The summed E-state index contributed by atoms with van der Waals surface area (Å²) in [4.78, 5) is 4.72. The van der Waals surface area contributed by atoms with Crippen LogP contribution in [0.15, 0.2) is 201 Å². The normalized spacial score (nSPS) is 11.0. The van der Waals surface area contributed by atoms with Gasteiger partial charge in [-0.15, -0.1) is 6.58 Å². The van der Waals surface area contributed by atoms with Crippen molar-refractivity contribution in [1.82, 2.24) is 0 Å². The number of hydrogen-bond donors (Lipinski definition) is 0. The van der Waals surface area contributed by atoms with E-state index in [2.05, 4.69) is 204 Å². The van der Waals surface area contributed by atoms with E-state index in [1.807, 2.05) is 6.08 Å². The summed E-state index contributed by atoms with van der Waals surface area (Å²) < 4.78 is 6.11. The van der Waals surface area contributed by atoms with Crippen molar-refractivity contribution in [2.75, 3.05) is 16.4 Å². The van der Waals surface area contributed by atoms with Gasteiger partial charge in [0.25, 0.3) is 0 Å². The molecule has 0 heterocycles. The van der Waals surface area contributed by atoms with Gasteiger partial charge in [0.2, 0.25) is 0 Å². The first kappa shape index (κ1) is 33.6. The molecule has 0 spiro atoms. The lowest BCUT2D eigenvalue weighted by Crippen LogP contribution is -2.11. The van der Waals surface area contributed by atoms with E-state index in [9.17, 15) is 0 Å². The molecule has 0 saturated carbocycles. The third-order valence-electron chi connectivity index (χ3n) is 9.74. The fourth-order valence-corrected chi connectivity index (χ4v) is 7.16. The molecule has 0 aliphatic rings. The van der Waals surface area contributed by atoms with Gasteiger partial charge in [-0.05, 0) is 114 Å². The molecular weight excluding hydrogens is 645 g/mol. The Morgan fingerprint density at radius 3 is 1.47 bits per heavy atom. The van der Waals surface area contributed by atoms with Crippen LogP contribution in [0, 0.1) is 0 Å². The summed E-state index contributed by atoms with van der Waals surface area (Å²) >= 11 is 0. The second-order valence-electron chi connectivity index (χ2n) is 13.2. The third-order valence-corrected chi connectivity index (χ3v) is 9.74. The predicted octanol–water partition coefficient (Wildman–Crippen LogP) is 14.3. The van der Waals surface area contributed by atoms with Gasteiger partial charge in [-0.3, -0.25) is 0 Å². The van der Waals surface area contributed by atoms with Gasteiger partial charge in [-0.25, -0.2) is 0 Å². The number of rotatable bonds is 13.